The van der Waals surface area contributed by atoms with Gasteiger partial charge >= 0.3 is 0 Å². The number of hydrogen-bond donors (Lipinski definition) is 0. The summed E-state index contributed by atoms with van der Waals surface area (Å²) in [5.41, 5.74) is 7.16. The Hall–Kier alpha value is -3.58. The Morgan fingerprint density at radius 3 is 2.47 bits per heavy atom. The van der Waals surface area contributed by atoms with E-state index in [1.165, 1.54) is 27.7 Å². The Bertz CT molecular complexity index is 1470. The molecule has 6 nitrogen and oxygen atoms in total. The lowest BCUT2D eigenvalue weighted by molar-refractivity contribution is 0.883. The van der Waals surface area contributed by atoms with Crippen molar-refractivity contribution in [1.82, 2.24) is 24.4 Å². The van der Waals surface area contributed by atoms with Crippen molar-refractivity contribution in [3.63, 3.8) is 0 Å². The van der Waals surface area contributed by atoms with Gasteiger partial charge in [0.25, 0.3) is 5.56 Å². The van der Waals surface area contributed by atoms with Crippen LogP contribution in [-0.2, 0) is 0 Å². The zero-order chi connectivity index (χ0) is 20.8. The van der Waals surface area contributed by atoms with Gasteiger partial charge in [0.15, 0.2) is 0 Å². The molecule has 0 radical (unpaired) electrons. The summed E-state index contributed by atoms with van der Waals surface area (Å²) in [7, 11) is 0. The average Bonchev–Trinajstić information content (AvgIpc) is 3.40. The molecule has 5 rings (SSSR count). The average molecular weight is 414 g/mol. The predicted molar refractivity (Wildman–Crippen MR) is 119 cm³/mol. The van der Waals surface area contributed by atoms with Crippen LogP contribution in [0.5, 0.6) is 0 Å². The number of nitrogens with zero attached hydrogens (tertiary/aromatic N) is 5. The van der Waals surface area contributed by atoms with Gasteiger partial charge in [0, 0.05) is 17.3 Å². The second-order valence-corrected chi connectivity index (χ2v) is 8.37. The highest BCUT2D eigenvalue weighted by atomic mass is 32.1. The van der Waals surface area contributed by atoms with Gasteiger partial charge in [-0.25, -0.2) is 9.67 Å². The first-order valence-corrected chi connectivity index (χ1v) is 10.4. The minimum atomic E-state index is -0.164. The van der Waals surface area contributed by atoms with Crippen molar-refractivity contribution in [2.75, 3.05) is 0 Å². The lowest BCUT2D eigenvalue weighted by Crippen LogP contribution is -2.23. The second kappa shape index (κ2) is 7.03. The molecule has 0 saturated carbocycles. The fourth-order valence-electron chi connectivity index (χ4n) is 3.87. The molecule has 0 fully saturated rings. The van der Waals surface area contributed by atoms with Crippen LogP contribution in [0, 0.1) is 20.8 Å². The fraction of sp³-hybridized carbons (Fsp3) is 0.130. The molecule has 0 amide bonds. The van der Waals surface area contributed by atoms with Gasteiger partial charge in [-0.15, -0.1) is 0 Å². The summed E-state index contributed by atoms with van der Waals surface area (Å²) >= 11 is 1.33. The Morgan fingerprint density at radius 1 is 1.03 bits per heavy atom. The van der Waals surface area contributed by atoms with E-state index in [0.717, 1.165) is 33.6 Å². The lowest BCUT2D eigenvalue weighted by atomic mass is 9.95. The van der Waals surface area contributed by atoms with E-state index in [-0.39, 0.29) is 5.56 Å². The van der Waals surface area contributed by atoms with Crippen LogP contribution >= 0.6 is 11.3 Å². The molecule has 3 heterocycles. The number of fused-ring (bicyclic) bond motifs is 1. The van der Waals surface area contributed by atoms with Crippen LogP contribution in [0.25, 0.3) is 28.0 Å². The minimum absolute atomic E-state index is 0.164. The van der Waals surface area contributed by atoms with Crippen molar-refractivity contribution in [2.24, 2.45) is 0 Å². The van der Waals surface area contributed by atoms with Gasteiger partial charge in [0.05, 0.1) is 10.2 Å². The highest BCUT2D eigenvalue weighted by Gasteiger charge is 2.16. The number of aromatic nitrogens is 5. The van der Waals surface area contributed by atoms with E-state index in [1.54, 1.807) is 0 Å². The van der Waals surface area contributed by atoms with E-state index in [4.69, 9.17) is 5.10 Å². The maximum atomic E-state index is 12.7. The zero-order valence-corrected chi connectivity index (χ0v) is 17.6. The number of aryl methyl sites for hydroxylation is 3. The molecule has 0 atom stereocenters. The number of para-hydroxylation sites is 1. The Balaban J connectivity index is 1.79. The summed E-state index contributed by atoms with van der Waals surface area (Å²) in [6, 6.07) is 14.3. The molecule has 0 aliphatic heterocycles. The monoisotopic (exact) mass is 413 g/mol. The third kappa shape index (κ3) is 3.04. The molecule has 0 aliphatic carbocycles. The summed E-state index contributed by atoms with van der Waals surface area (Å²) in [6.45, 7) is 6.29. The minimum Gasteiger partial charge on any atom is -0.266 e. The molecule has 0 unspecified atom stereocenters. The van der Waals surface area contributed by atoms with Gasteiger partial charge in [-0.05, 0) is 50.1 Å². The van der Waals surface area contributed by atoms with Gasteiger partial charge in [0.2, 0.25) is 4.96 Å². The first-order valence-electron chi connectivity index (χ1n) is 9.59. The van der Waals surface area contributed by atoms with Gasteiger partial charge in [-0.1, -0.05) is 47.2 Å². The summed E-state index contributed by atoms with van der Waals surface area (Å²) < 4.78 is 3.78. The molecule has 2 aromatic carbocycles. The predicted octanol–water partition coefficient (Wildman–Crippen LogP) is 3.48. The molecule has 0 saturated heterocycles. The van der Waals surface area contributed by atoms with Gasteiger partial charge in [-0.3, -0.25) is 4.79 Å². The first kappa shape index (κ1) is 18.4. The van der Waals surface area contributed by atoms with Crippen LogP contribution < -0.4 is 10.1 Å². The van der Waals surface area contributed by atoms with Crippen molar-refractivity contribution in [3.05, 3.63) is 92.1 Å². The molecule has 148 valence electrons. The van der Waals surface area contributed by atoms with Gasteiger partial charge in [-0.2, -0.15) is 14.7 Å². The molecule has 0 bridgehead atoms. The summed E-state index contributed by atoms with van der Waals surface area (Å²) in [5.74, 6) is 0. The highest BCUT2D eigenvalue weighted by molar-refractivity contribution is 7.15. The second-order valence-electron chi connectivity index (χ2n) is 7.36. The van der Waals surface area contributed by atoms with Gasteiger partial charge < -0.3 is 0 Å². The van der Waals surface area contributed by atoms with Crippen LogP contribution in [0.15, 0.2) is 59.8 Å². The van der Waals surface area contributed by atoms with E-state index in [9.17, 15) is 4.79 Å². The number of benzene rings is 2. The van der Waals surface area contributed by atoms with E-state index in [2.05, 4.69) is 43.0 Å². The molecule has 0 spiro atoms. The number of hydrogen-bond acceptors (Lipinski definition) is 5. The molecular formula is C23H19N5OS. The van der Waals surface area contributed by atoms with Crippen LogP contribution in [0.3, 0.4) is 0 Å². The smallest absolute Gasteiger partial charge is 0.266 e. The van der Waals surface area contributed by atoms with E-state index in [1.807, 2.05) is 47.3 Å². The Kier molecular flexibility index (Phi) is 4.33. The summed E-state index contributed by atoms with van der Waals surface area (Å²) in [4.78, 5) is 17.4. The Morgan fingerprint density at radius 2 is 1.77 bits per heavy atom. The highest BCUT2D eigenvalue weighted by Crippen LogP contribution is 2.31. The number of rotatable bonds is 3. The third-order valence-electron chi connectivity index (χ3n) is 5.08. The van der Waals surface area contributed by atoms with E-state index >= 15 is 0 Å². The Labute approximate surface area is 176 Å². The molecular weight excluding hydrogens is 394 g/mol. The van der Waals surface area contributed by atoms with Crippen molar-refractivity contribution in [1.29, 1.82) is 0 Å². The molecule has 7 heteroatoms. The van der Waals surface area contributed by atoms with Gasteiger partial charge in [0.1, 0.15) is 12.0 Å². The SMILES string of the molecule is Cc1cc(C)c(-c2nn(-c3ccccc3)cc2C=c2sc3ncnn3c2=O)c(C)c1. The van der Waals surface area contributed by atoms with Crippen molar-refractivity contribution < 1.29 is 0 Å². The van der Waals surface area contributed by atoms with Crippen LogP contribution in [-0.4, -0.2) is 24.4 Å². The number of thiazole rings is 1. The van der Waals surface area contributed by atoms with E-state index < -0.39 is 0 Å². The topological polar surface area (TPSA) is 65.1 Å². The summed E-state index contributed by atoms with van der Waals surface area (Å²) in [6.07, 6.45) is 5.26. The van der Waals surface area contributed by atoms with Crippen molar-refractivity contribution in [2.45, 2.75) is 20.8 Å². The van der Waals surface area contributed by atoms with Crippen molar-refractivity contribution in [3.8, 4) is 16.9 Å². The van der Waals surface area contributed by atoms with E-state index in [0.29, 0.717) is 9.49 Å². The first-order chi connectivity index (χ1) is 14.5. The standard InChI is InChI=1S/C23H19N5OS/c1-14-9-15(2)20(16(3)10-14)21-17(12-27(26-21)18-7-5-4-6-8-18)11-19-22(29)28-23(30-19)24-13-25-28/h4-13H,1-3H3. The fourth-order valence-corrected chi connectivity index (χ4v) is 4.75. The molecule has 3 aromatic heterocycles. The normalized spacial score (nSPS) is 12.2. The van der Waals surface area contributed by atoms with Crippen LogP contribution in [0.2, 0.25) is 0 Å². The lowest BCUT2D eigenvalue weighted by Gasteiger charge is -2.10. The summed E-state index contributed by atoms with van der Waals surface area (Å²) in [5, 5.41) is 8.93. The molecule has 5 aromatic rings. The quantitative estimate of drug-likeness (QED) is 0.454. The van der Waals surface area contributed by atoms with Crippen LogP contribution in [0.4, 0.5) is 0 Å². The largest absolute Gasteiger partial charge is 0.291 e. The third-order valence-corrected chi connectivity index (χ3v) is 6.06. The van der Waals surface area contributed by atoms with Crippen LogP contribution in [0.1, 0.15) is 22.3 Å². The molecule has 30 heavy (non-hydrogen) atoms. The maximum Gasteiger partial charge on any atom is 0.291 e. The van der Waals surface area contributed by atoms with Crippen molar-refractivity contribution >= 4 is 22.4 Å². The maximum absolute atomic E-state index is 12.7. The molecule has 0 N–H and O–H groups in total. The zero-order valence-electron chi connectivity index (χ0n) is 16.8. The molecule has 0 aliphatic rings.